The highest BCUT2D eigenvalue weighted by Crippen LogP contribution is 2.42. The van der Waals surface area contributed by atoms with Gasteiger partial charge in [0, 0.05) is 37.0 Å². The van der Waals surface area contributed by atoms with E-state index in [2.05, 4.69) is 15.3 Å². The van der Waals surface area contributed by atoms with Crippen LogP contribution in [0.3, 0.4) is 0 Å². The van der Waals surface area contributed by atoms with Crippen molar-refractivity contribution in [3.63, 3.8) is 0 Å². The van der Waals surface area contributed by atoms with Crippen molar-refractivity contribution in [1.29, 1.82) is 0 Å². The van der Waals surface area contributed by atoms with E-state index in [9.17, 15) is 22.8 Å². The minimum Gasteiger partial charge on any atom is -0.384 e. The molecule has 2 amide bonds. The van der Waals surface area contributed by atoms with Gasteiger partial charge in [-0.05, 0) is 61.1 Å². The molecule has 0 radical (unpaired) electrons. The van der Waals surface area contributed by atoms with Gasteiger partial charge in [0.1, 0.15) is 17.9 Å². The molecule has 2 unspecified atom stereocenters. The van der Waals surface area contributed by atoms with Crippen molar-refractivity contribution in [3.8, 4) is 0 Å². The number of hydrogen-bond acceptors (Lipinski definition) is 6. The Labute approximate surface area is 219 Å². The highest BCUT2D eigenvalue weighted by molar-refractivity contribution is 6.06. The average molecular weight is 529 g/mol. The number of anilines is 2. The second-order valence-corrected chi connectivity index (χ2v) is 10.3. The van der Waals surface area contributed by atoms with Crippen molar-refractivity contribution >= 4 is 23.3 Å². The maximum atomic E-state index is 14.0. The molecule has 8 nitrogen and oxygen atoms in total. The van der Waals surface area contributed by atoms with Gasteiger partial charge in [-0.3, -0.25) is 14.6 Å². The van der Waals surface area contributed by atoms with Crippen LogP contribution in [0.15, 0.2) is 54.6 Å². The summed E-state index contributed by atoms with van der Waals surface area (Å²) in [5.41, 5.74) is 7.51. The Bertz CT molecular complexity index is 1210. The monoisotopic (exact) mass is 528 g/mol. The molecule has 2 aromatic heterocycles. The number of nitrogens with zero attached hydrogens (tertiary/aromatic N) is 4. The standard InChI is InChI=1S/C27H31F3N6O2/c1-35(18-8-10-32-11-9-18)26(38)23-19(13-16-7-12-33-22(31)14-16)25(37)36(23)21-15-20(21)34-24(27(28,29)30)17-5-3-2-4-6-17/h7-12,14-15,17,19,21,23-24,34H,2-6,13H2,1H3,(H2,31,33)/t19-,21?,23+,24?/m1/s1. The molecule has 0 aromatic carbocycles. The number of alkyl halides is 3. The summed E-state index contributed by atoms with van der Waals surface area (Å²) in [6.45, 7) is 0. The van der Waals surface area contributed by atoms with Crippen LogP contribution in [0.2, 0.25) is 0 Å². The number of likely N-dealkylation sites (N-methyl/N-ethyl adjacent to an activating group) is 1. The van der Waals surface area contributed by atoms with E-state index in [0.717, 1.165) is 24.8 Å². The predicted molar refractivity (Wildman–Crippen MR) is 136 cm³/mol. The largest absolute Gasteiger partial charge is 0.408 e. The van der Waals surface area contributed by atoms with Crippen LogP contribution in [0, 0.1) is 11.8 Å². The molecule has 3 aliphatic rings. The highest BCUT2D eigenvalue weighted by Gasteiger charge is 2.58. The SMILES string of the molecule is CN(C(=O)[C@@H]1[C@@H](Cc2ccnc(N)c2)C(=O)N1C1C=C1NC(C1CCCCC1)C(F)(F)F)c1ccncc1. The Morgan fingerprint density at radius 1 is 1.18 bits per heavy atom. The van der Waals surface area contributed by atoms with Gasteiger partial charge in [0.05, 0.1) is 12.0 Å². The van der Waals surface area contributed by atoms with Crippen LogP contribution in [0.25, 0.3) is 0 Å². The second kappa shape index (κ2) is 10.3. The number of β-lactam (4-membered cyclic amide) rings is 1. The molecular weight excluding hydrogens is 497 g/mol. The molecule has 3 heterocycles. The molecular formula is C27H31F3N6O2. The normalized spacial score (nSPS) is 24.3. The summed E-state index contributed by atoms with van der Waals surface area (Å²) in [5, 5.41) is 2.70. The van der Waals surface area contributed by atoms with Crippen molar-refractivity contribution < 1.29 is 22.8 Å². The van der Waals surface area contributed by atoms with Crippen molar-refractivity contribution in [2.45, 2.75) is 62.8 Å². The molecule has 0 spiro atoms. The van der Waals surface area contributed by atoms with Crippen LogP contribution in [-0.4, -0.2) is 58.0 Å². The van der Waals surface area contributed by atoms with E-state index in [1.165, 1.54) is 9.80 Å². The first-order valence-corrected chi connectivity index (χ1v) is 12.9. The molecule has 5 rings (SSSR count). The van der Waals surface area contributed by atoms with Crippen molar-refractivity contribution in [2.75, 3.05) is 17.7 Å². The molecule has 1 saturated carbocycles. The topological polar surface area (TPSA) is 104 Å². The number of carbonyl (C=O) groups is 2. The number of nitrogens with two attached hydrogens (primary N) is 1. The molecule has 4 atom stereocenters. The Kier molecular flexibility index (Phi) is 7.02. The first-order valence-electron chi connectivity index (χ1n) is 12.9. The lowest BCUT2D eigenvalue weighted by Gasteiger charge is -2.48. The molecule has 1 aliphatic heterocycles. The van der Waals surface area contributed by atoms with Crippen molar-refractivity contribution in [2.24, 2.45) is 11.8 Å². The van der Waals surface area contributed by atoms with Gasteiger partial charge in [-0.2, -0.15) is 13.2 Å². The average Bonchev–Trinajstić information content (AvgIpc) is 3.66. The van der Waals surface area contributed by atoms with Gasteiger partial charge in [-0.25, -0.2) is 4.98 Å². The zero-order valence-corrected chi connectivity index (χ0v) is 21.1. The highest BCUT2D eigenvalue weighted by atomic mass is 19.4. The predicted octanol–water partition coefficient (Wildman–Crippen LogP) is 3.46. The summed E-state index contributed by atoms with van der Waals surface area (Å²) in [4.78, 5) is 37.8. The van der Waals surface area contributed by atoms with Gasteiger partial charge in [0.25, 0.3) is 0 Å². The van der Waals surface area contributed by atoms with Crippen LogP contribution in [0.5, 0.6) is 0 Å². The van der Waals surface area contributed by atoms with E-state index in [-0.39, 0.29) is 18.2 Å². The van der Waals surface area contributed by atoms with E-state index in [1.54, 1.807) is 56.0 Å². The number of hydrogen-bond donors (Lipinski definition) is 2. The second-order valence-electron chi connectivity index (χ2n) is 10.3. The van der Waals surface area contributed by atoms with Crippen LogP contribution in [0.1, 0.15) is 37.7 Å². The van der Waals surface area contributed by atoms with Gasteiger partial charge >= 0.3 is 6.18 Å². The molecule has 1 saturated heterocycles. The van der Waals surface area contributed by atoms with E-state index in [0.29, 0.717) is 30.0 Å². The number of pyridine rings is 2. The summed E-state index contributed by atoms with van der Waals surface area (Å²) in [6, 6.07) is 3.60. The molecule has 2 fully saturated rings. The van der Waals surface area contributed by atoms with Crippen LogP contribution >= 0.6 is 0 Å². The molecule has 2 aliphatic carbocycles. The van der Waals surface area contributed by atoms with Gasteiger partial charge in [-0.15, -0.1) is 0 Å². The third-order valence-corrected chi connectivity index (χ3v) is 7.83. The fourth-order valence-corrected chi connectivity index (χ4v) is 5.74. The van der Waals surface area contributed by atoms with Crippen LogP contribution < -0.4 is 16.0 Å². The summed E-state index contributed by atoms with van der Waals surface area (Å²) in [5.74, 6) is -1.46. The van der Waals surface area contributed by atoms with Gasteiger partial charge in [0.15, 0.2) is 0 Å². The number of likely N-dealkylation sites (tertiary alicyclic amines) is 1. The quantitative estimate of drug-likeness (QED) is 0.509. The summed E-state index contributed by atoms with van der Waals surface area (Å²) in [7, 11) is 1.61. The fourth-order valence-electron chi connectivity index (χ4n) is 5.74. The Morgan fingerprint density at radius 3 is 2.55 bits per heavy atom. The van der Waals surface area contributed by atoms with Crippen molar-refractivity contribution in [3.05, 3.63) is 60.2 Å². The lowest BCUT2D eigenvalue weighted by atomic mass is 9.81. The Balaban J connectivity index is 1.35. The number of rotatable bonds is 8. The van der Waals surface area contributed by atoms with Gasteiger partial charge in [0.2, 0.25) is 11.8 Å². The summed E-state index contributed by atoms with van der Waals surface area (Å²) in [6.07, 6.45) is 5.69. The zero-order valence-electron chi connectivity index (χ0n) is 21.1. The fraction of sp³-hybridized carbons (Fsp3) is 0.481. The van der Waals surface area contributed by atoms with E-state index < -0.39 is 36.1 Å². The van der Waals surface area contributed by atoms with E-state index >= 15 is 0 Å². The lowest BCUT2D eigenvalue weighted by molar-refractivity contribution is -0.169. The van der Waals surface area contributed by atoms with Gasteiger partial charge < -0.3 is 20.9 Å². The third-order valence-electron chi connectivity index (χ3n) is 7.83. The van der Waals surface area contributed by atoms with Gasteiger partial charge in [-0.1, -0.05) is 19.3 Å². The smallest absolute Gasteiger partial charge is 0.384 e. The maximum Gasteiger partial charge on any atom is 0.408 e. The number of nitrogens with one attached hydrogen (secondary N) is 1. The number of amides is 2. The Morgan fingerprint density at radius 2 is 1.89 bits per heavy atom. The van der Waals surface area contributed by atoms with Crippen LogP contribution in [-0.2, 0) is 16.0 Å². The molecule has 0 bridgehead atoms. The summed E-state index contributed by atoms with van der Waals surface area (Å²) >= 11 is 0. The van der Waals surface area contributed by atoms with E-state index in [1.807, 2.05) is 0 Å². The minimum atomic E-state index is -4.41. The first kappa shape index (κ1) is 26.0. The molecule has 2 aromatic rings. The first-order chi connectivity index (χ1) is 18.1. The maximum absolute atomic E-state index is 14.0. The number of aromatic nitrogens is 2. The number of carbonyl (C=O) groups excluding carboxylic acids is 2. The van der Waals surface area contributed by atoms with Crippen LogP contribution in [0.4, 0.5) is 24.7 Å². The minimum absolute atomic E-state index is 0.269. The molecule has 202 valence electrons. The zero-order chi connectivity index (χ0) is 27.0. The third kappa shape index (κ3) is 5.19. The molecule has 38 heavy (non-hydrogen) atoms. The molecule has 11 heteroatoms. The molecule has 3 N–H and O–H groups in total. The summed E-state index contributed by atoms with van der Waals surface area (Å²) < 4.78 is 41.9. The van der Waals surface area contributed by atoms with Crippen molar-refractivity contribution in [1.82, 2.24) is 20.2 Å². The number of nitrogen functional groups attached to an aromatic ring is 1. The Hall–Kier alpha value is -3.63. The lowest BCUT2D eigenvalue weighted by Crippen LogP contribution is -2.68. The van der Waals surface area contributed by atoms with E-state index in [4.69, 9.17) is 5.73 Å². The number of halogens is 3.